The highest BCUT2D eigenvalue weighted by molar-refractivity contribution is 6.05. The van der Waals surface area contributed by atoms with Crippen LogP contribution in [0.5, 0.6) is 5.75 Å². The van der Waals surface area contributed by atoms with Crippen LogP contribution < -0.4 is 4.74 Å². The Labute approximate surface area is 193 Å². The number of alkyl halides is 3. The number of hydrogen-bond donors (Lipinski definition) is 1. The molecule has 5 rings (SSSR count). The number of ether oxygens (including phenoxy) is 1. The van der Waals surface area contributed by atoms with Gasteiger partial charge in [0.2, 0.25) is 0 Å². The molecule has 33 heavy (non-hydrogen) atoms. The molecule has 0 radical (unpaired) electrons. The number of benzene rings is 1. The van der Waals surface area contributed by atoms with Crippen LogP contribution in [0.15, 0.2) is 29.8 Å². The van der Waals surface area contributed by atoms with Crippen molar-refractivity contribution in [3.63, 3.8) is 0 Å². The lowest BCUT2D eigenvalue weighted by Gasteiger charge is -2.59. The van der Waals surface area contributed by atoms with Gasteiger partial charge in [0.15, 0.2) is 5.78 Å². The zero-order valence-electron chi connectivity index (χ0n) is 19.3. The van der Waals surface area contributed by atoms with E-state index >= 15 is 0 Å². The maximum Gasteiger partial charge on any atom is 0.573 e. The fraction of sp³-hybridized carbons (Fsp3) is 0.667. The average molecular weight is 463 g/mol. The number of carbonyl (C=O) groups is 1. The topological polar surface area (TPSA) is 46.5 Å². The molecule has 0 amide bonds. The fourth-order valence-corrected chi connectivity index (χ4v) is 8.00. The van der Waals surface area contributed by atoms with E-state index in [2.05, 4.69) is 18.6 Å². The molecule has 6 heteroatoms. The maximum absolute atomic E-state index is 13.5. The summed E-state index contributed by atoms with van der Waals surface area (Å²) in [7, 11) is 0. The van der Waals surface area contributed by atoms with Crippen LogP contribution in [0.1, 0.15) is 70.8 Å². The van der Waals surface area contributed by atoms with Gasteiger partial charge in [0.1, 0.15) is 5.75 Å². The lowest BCUT2D eigenvalue weighted by atomic mass is 9.45. The van der Waals surface area contributed by atoms with Gasteiger partial charge in [0, 0.05) is 5.41 Å². The van der Waals surface area contributed by atoms with Crippen LogP contribution in [0.2, 0.25) is 0 Å². The molecule has 0 heterocycles. The highest BCUT2D eigenvalue weighted by Gasteiger charge is 2.61. The number of halogens is 3. The summed E-state index contributed by atoms with van der Waals surface area (Å²) in [6.45, 7) is 4.57. The molecular formula is C27H33F3O3. The molecule has 0 unspecified atom stereocenters. The number of fused-ring (bicyclic) bond motifs is 5. The van der Waals surface area contributed by atoms with Crippen molar-refractivity contribution in [1.82, 2.24) is 0 Å². The highest BCUT2D eigenvalue weighted by Crippen LogP contribution is 2.66. The van der Waals surface area contributed by atoms with Gasteiger partial charge in [-0.2, -0.15) is 0 Å². The average Bonchev–Trinajstić information content (AvgIpc) is 2.99. The highest BCUT2D eigenvalue weighted by atomic mass is 19.4. The molecule has 4 aliphatic carbocycles. The van der Waals surface area contributed by atoms with E-state index in [0.717, 1.165) is 62.5 Å². The molecule has 1 aromatic carbocycles. The summed E-state index contributed by atoms with van der Waals surface area (Å²) in [4.78, 5) is 13.5. The summed E-state index contributed by atoms with van der Waals surface area (Å²) >= 11 is 0. The molecule has 180 valence electrons. The van der Waals surface area contributed by atoms with Gasteiger partial charge in [0.05, 0.1) is 6.10 Å². The third kappa shape index (κ3) is 3.92. The molecule has 0 bridgehead atoms. The molecule has 0 spiro atoms. The van der Waals surface area contributed by atoms with Crippen LogP contribution in [-0.2, 0) is 4.79 Å². The number of aliphatic hydroxyl groups excluding tert-OH is 1. The number of aliphatic hydroxyl groups is 1. The van der Waals surface area contributed by atoms with E-state index in [1.54, 1.807) is 12.1 Å². The van der Waals surface area contributed by atoms with Crippen molar-refractivity contribution in [2.45, 2.75) is 77.7 Å². The lowest BCUT2D eigenvalue weighted by Crippen LogP contribution is -2.54. The Hall–Kier alpha value is -1.82. The van der Waals surface area contributed by atoms with E-state index in [-0.39, 0.29) is 28.5 Å². The summed E-state index contributed by atoms with van der Waals surface area (Å²) in [5, 5.41) is 10.2. The third-order valence-electron chi connectivity index (χ3n) is 9.73. The van der Waals surface area contributed by atoms with E-state index in [4.69, 9.17) is 0 Å². The van der Waals surface area contributed by atoms with Crippen LogP contribution in [0.25, 0.3) is 6.08 Å². The predicted octanol–water partition coefficient (Wildman–Crippen LogP) is 6.55. The molecule has 3 nitrogen and oxygen atoms in total. The first-order valence-electron chi connectivity index (χ1n) is 12.3. The largest absolute Gasteiger partial charge is 0.573 e. The monoisotopic (exact) mass is 462 g/mol. The Morgan fingerprint density at radius 1 is 1.03 bits per heavy atom. The molecule has 0 aromatic heterocycles. The predicted molar refractivity (Wildman–Crippen MR) is 119 cm³/mol. The minimum absolute atomic E-state index is 0.163. The van der Waals surface area contributed by atoms with Crippen LogP contribution in [0, 0.1) is 34.5 Å². The van der Waals surface area contributed by atoms with Crippen molar-refractivity contribution in [2.75, 3.05) is 0 Å². The second-order valence-corrected chi connectivity index (χ2v) is 11.4. The zero-order chi connectivity index (χ0) is 23.6. The maximum atomic E-state index is 13.5. The van der Waals surface area contributed by atoms with Gasteiger partial charge in [0.25, 0.3) is 0 Å². The van der Waals surface area contributed by atoms with Crippen molar-refractivity contribution in [1.29, 1.82) is 0 Å². The number of rotatable bonds is 2. The number of Topliss-reactive ketones (excluding diaryl/α,β-unsaturated/α-hetero) is 1. The normalized spacial score (nSPS) is 41.9. The second kappa shape index (κ2) is 7.86. The van der Waals surface area contributed by atoms with Crippen LogP contribution in [0.3, 0.4) is 0 Å². The van der Waals surface area contributed by atoms with E-state index in [9.17, 15) is 23.1 Å². The van der Waals surface area contributed by atoms with Gasteiger partial charge >= 0.3 is 6.36 Å². The Morgan fingerprint density at radius 3 is 2.45 bits per heavy atom. The molecule has 7 atom stereocenters. The summed E-state index contributed by atoms with van der Waals surface area (Å²) in [6.07, 6.45) is 4.85. The van der Waals surface area contributed by atoms with E-state index in [0.29, 0.717) is 23.7 Å². The van der Waals surface area contributed by atoms with Gasteiger partial charge in [-0.05, 0) is 110 Å². The van der Waals surface area contributed by atoms with E-state index in [1.807, 2.05) is 6.08 Å². The van der Waals surface area contributed by atoms with E-state index < -0.39 is 6.36 Å². The molecular weight excluding hydrogens is 429 g/mol. The third-order valence-corrected chi connectivity index (χ3v) is 9.73. The molecule has 0 saturated heterocycles. The van der Waals surface area contributed by atoms with Crippen molar-refractivity contribution < 1.29 is 27.8 Å². The quantitative estimate of drug-likeness (QED) is 0.507. The number of hydrogen-bond acceptors (Lipinski definition) is 3. The number of carbonyl (C=O) groups excluding carboxylic acids is 1. The smallest absolute Gasteiger partial charge is 0.406 e. The number of allylic oxidation sites excluding steroid dienone is 1. The Bertz CT molecular complexity index is 952. The zero-order valence-corrected chi connectivity index (χ0v) is 19.3. The van der Waals surface area contributed by atoms with Crippen molar-refractivity contribution in [3.05, 3.63) is 35.4 Å². The molecule has 4 saturated carbocycles. The van der Waals surface area contributed by atoms with E-state index in [1.165, 1.54) is 12.1 Å². The first-order valence-corrected chi connectivity index (χ1v) is 12.3. The molecule has 1 N–H and O–H groups in total. The van der Waals surface area contributed by atoms with Crippen molar-refractivity contribution in [2.24, 2.45) is 34.5 Å². The van der Waals surface area contributed by atoms with Crippen LogP contribution in [-0.4, -0.2) is 23.4 Å². The standard InChI is InChI=1S/C27H33F3O3/c1-25-11-9-19(31)15-18(25)5-8-21-22(25)10-12-26(2)23(21)14-17(24(26)32)13-16-3-6-20(7-4-16)33-27(28,29)30/h3-4,6-7,13,18-19,21-23,31H,5,8-12,14-15H2,1-2H3/b17-13+/t18-,19+,21-,22+,23+,25-,26-/m0/s1. The Balaban J connectivity index is 1.37. The van der Waals surface area contributed by atoms with Crippen molar-refractivity contribution >= 4 is 11.9 Å². The van der Waals surface area contributed by atoms with Gasteiger partial charge in [-0.3, -0.25) is 4.79 Å². The molecule has 1 aromatic rings. The van der Waals surface area contributed by atoms with Gasteiger partial charge in [-0.15, -0.1) is 13.2 Å². The minimum atomic E-state index is -4.71. The summed E-state index contributed by atoms with van der Waals surface area (Å²) in [5.41, 5.74) is 1.44. The van der Waals surface area contributed by atoms with Crippen LogP contribution in [0.4, 0.5) is 13.2 Å². The van der Waals surface area contributed by atoms with Crippen LogP contribution >= 0.6 is 0 Å². The molecule has 0 aliphatic heterocycles. The van der Waals surface area contributed by atoms with Gasteiger partial charge < -0.3 is 9.84 Å². The minimum Gasteiger partial charge on any atom is -0.406 e. The second-order valence-electron chi connectivity index (χ2n) is 11.4. The van der Waals surface area contributed by atoms with Gasteiger partial charge in [-0.25, -0.2) is 0 Å². The van der Waals surface area contributed by atoms with Crippen molar-refractivity contribution in [3.8, 4) is 5.75 Å². The first kappa shape index (κ1) is 22.9. The number of ketones is 1. The summed E-state index contributed by atoms with van der Waals surface area (Å²) in [5.74, 6) is 2.00. The molecule has 4 fully saturated rings. The first-order chi connectivity index (χ1) is 15.5. The Morgan fingerprint density at radius 2 is 1.76 bits per heavy atom. The Kier molecular flexibility index (Phi) is 5.47. The molecule has 4 aliphatic rings. The SMILES string of the molecule is C[C@]12CC[C@@H](O)C[C@@H]1CC[C@H]1[C@H]2CC[C@]2(C)C(=O)/C(=C/c3ccc(OC(F)(F)F)cc3)C[C@H]12. The summed E-state index contributed by atoms with van der Waals surface area (Å²) in [6, 6.07) is 5.75. The lowest BCUT2D eigenvalue weighted by molar-refractivity contribution is -0.274. The fourth-order valence-electron chi connectivity index (χ4n) is 8.00. The van der Waals surface area contributed by atoms with Gasteiger partial charge in [-0.1, -0.05) is 26.0 Å². The summed E-state index contributed by atoms with van der Waals surface area (Å²) < 4.78 is 41.2.